The van der Waals surface area contributed by atoms with Gasteiger partial charge in [0.1, 0.15) is 5.82 Å². The quantitative estimate of drug-likeness (QED) is 0.788. The zero-order valence-electron chi connectivity index (χ0n) is 12.3. The van der Waals surface area contributed by atoms with Crippen LogP contribution in [-0.2, 0) is 10.0 Å². The third-order valence-corrected chi connectivity index (χ3v) is 5.40. The van der Waals surface area contributed by atoms with Gasteiger partial charge in [0.25, 0.3) is 0 Å². The molecule has 0 fully saturated rings. The number of nitrogens with two attached hydrogens (primary N) is 1. The molecule has 1 unspecified atom stereocenters. The fraction of sp³-hybridized carbons (Fsp3) is 0.571. The molecular weight excluding hydrogens is 279 g/mol. The number of nitrogens with zero attached hydrogens (tertiary/aromatic N) is 1. The Morgan fingerprint density at radius 1 is 1.35 bits per heavy atom. The molecule has 0 aliphatic carbocycles. The highest BCUT2D eigenvalue weighted by atomic mass is 32.2. The number of unbranched alkanes of at least 4 members (excludes halogenated alkanes) is 1. The van der Waals surface area contributed by atoms with E-state index in [1.807, 2.05) is 20.8 Å². The lowest BCUT2D eigenvalue weighted by Crippen LogP contribution is -2.39. The van der Waals surface area contributed by atoms with E-state index in [1.54, 1.807) is 0 Å². The van der Waals surface area contributed by atoms with E-state index < -0.39 is 15.8 Å². The summed E-state index contributed by atoms with van der Waals surface area (Å²) in [4.78, 5) is -0.0411. The first-order valence-corrected chi connectivity index (χ1v) is 8.35. The summed E-state index contributed by atoms with van der Waals surface area (Å²) < 4.78 is 40.2. The van der Waals surface area contributed by atoms with Crippen LogP contribution in [0.5, 0.6) is 0 Å². The lowest BCUT2D eigenvalue weighted by molar-refractivity contribution is 0.324. The summed E-state index contributed by atoms with van der Waals surface area (Å²) in [7, 11) is -3.69. The lowest BCUT2D eigenvalue weighted by Gasteiger charge is -2.27. The maximum Gasteiger partial charge on any atom is 0.243 e. The number of halogens is 1. The van der Waals surface area contributed by atoms with Crippen molar-refractivity contribution in [2.45, 2.75) is 51.0 Å². The van der Waals surface area contributed by atoms with Gasteiger partial charge < -0.3 is 5.73 Å². The highest BCUT2D eigenvalue weighted by molar-refractivity contribution is 7.89. The van der Waals surface area contributed by atoms with Crippen LogP contribution >= 0.6 is 0 Å². The fourth-order valence-electron chi connectivity index (χ4n) is 1.90. The van der Waals surface area contributed by atoms with Crippen molar-refractivity contribution in [2.24, 2.45) is 0 Å². The molecule has 0 spiro atoms. The van der Waals surface area contributed by atoms with Gasteiger partial charge in [-0.15, -0.1) is 0 Å². The van der Waals surface area contributed by atoms with Gasteiger partial charge in [0.2, 0.25) is 10.0 Å². The van der Waals surface area contributed by atoms with E-state index in [9.17, 15) is 12.8 Å². The van der Waals surface area contributed by atoms with Gasteiger partial charge in [0.15, 0.2) is 0 Å². The van der Waals surface area contributed by atoms with Crippen LogP contribution in [0.15, 0.2) is 23.1 Å². The first-order chi connectivity index (χ1) is 9.34. The summed E-state index contributed by atoms with van der Waals surface area (Å²) in [5.41, 5.74) is 5.34. The molecule has 2 N–H and O–H groups in total. The van der Waals surface area contributed by atoms with Gasteiger partial charge in [-0.2, -0.15) is 4.31 Å². The molecule has 114 valence electrons. The van der Waals surface area contributed by atoms with Crippen LogP contribution in [0, 0.1) is 5.82 Å². The summed E-state index contributed by atoms with van der Waals surface area (Å²) in [5, 5.41) is 0. The third-order valence-electron chi connectivity index (χ3n) is 3.39. The molecule has 1 atom stereocenters. The highest BCUT2D eigenvalue weighted by Gasteiger charge is 2.28. The summed E-state index contributed by atoms with van der Waals surface area (Å²) >= 11 is 0. The van der Waals surface area contributed by atoms with E-state index in [1.165, 1.54) is 16.4 Å². The Hall–Kier alpha value is -1.14. The van der Waals surface area contributed by atoms with Gasteiger partial charge in [-0.3, -0.25) is 0 Å². The molecule has 0 aliphatic rings. The summed E-state index contributed by atoms with van der Waals surface area (Å²) in [6.07, 6.45) is 2.39. The van der Waals surface area contributed by atoms with Gasteiger partial charge >= 0.3 is 0 Å². The Morgan fingerprint density at radius 2 is 2.00 bits per heavy atom. The first-order valence-electron chi connectivity index (χ1n) is 6.91. The minimum Gasteiger partial charge on any atom is -0.396 e. The van der Waals surface area contributed by atoms with Gasteiger partial charge in [0.05, 0.1) is 10.6 Å². The number of sulfonamides is 1. The Morgan fingerprint density at radius 3 is 2.50 bits per heavy atom. The molecule has 20 heavy (non-hydrogen) atoms. The number of nitrogen functional groups attached to an aromatic ring is 1. The normalized spacial score (nSPS) is 13.7. The van der Waals surface area contributed by atoms with Gasteiger partial charge in [-0.1, -0.05) is 20.3 Å². The highest BCUT2D eigenvalue weighted by Crippen LogP contribution is 2.23. The van der Waals surface area contributed by atoms with Crippen LogP contribution in [0.2, 0.25) is 0 Å². The van der Waals surface area contributed by atoms with Crippen LogP contribution in [0.1, 0.15) is 40.0 Å². The minimum absolute atomic E-state index is 0.0411. The van der Waals surface area contributed by atoms with E-state index >= 15 is 0 Å². The number of hydrogen-bond acceptors (Lipinski definition) is 3. The van der Waals surface area contributed by atoms with Gasteiger partial charge in [0, 0.05) is 12.6 Å². The van der Waals surface area contributed by atoms with Crippen molar-refractivity contribution < 1.29 is 12.8 Å². The summed E-state index contributed by atoms with van der Waals surface area (Å²) in [5.74, 6) is -0.703. The molecule has 1 aromatic carbocycles. The molecule has 0 bridgehead atoms. The monoisotopic (exact) mass is 302 g/mol. The second kappa shape index (κ2) is 7.04. The fourth-order valence-corrected chi connectivity index (χ4v) is 3.65. The SMILES string of the molecule is CCCCN(C(C)CC)S(=O)(=O)c1ccc(N)c(F)c1. The molecule has 0 aliphatic heterocycles. The molecule has 0 amide bonds. The minimum atomic E-state index is -3.69. The van der Waals surface area contributed by atoms with Crippen molar-refractivity contribution in [1.82, 2.24) is 4.31 Å². The van der Waals surface area contributed by atoms with E-state index in [4.69, 9.17) is 5.73 Å². The molecule has 0 saturated carbocycles. The van der Waals surface area contributed by atoms with Crippen LogP contribution in [0.25, 0.3) is 0 Å². The lowest BCUT2D eigenvalue weighted by atomic mass is 10.2. The predicted octanol–water partition coefficient (Wildman–Crippen LogP) is 3.00. The third kappa shape index (κ3) is 3.70. The average molecular weight is 302 g/mol. The van der Waals surface area contributed by atoms with Crippen molar-refractivity contribution in [3.05, 3.63) is 24.0 Å². The molecule has 1 rings (SSSR count). The zero-order valence-corrected chi connectivity index (χ0v) is 13.1. The summed E-state index contributed by atoms with van der Waals surface area (Å²) in [6, 6.07) is 3.52. The van der Waals surface area contributed by atoms with Crippen LogP contribution < -0.4 is 5.73 Å². The van der Waals surface area contributed by atoms with Gasteiger partial charge in [-0.25, -0.2) is 12.8 Å². The number of anilines is 1. The molecule has 1 aromatic rings. The number of benzene rings is 1. The van der Waals surface area contributed by atoms with Crippen molar-refractivity contribution in [3.8, 4) is 0 Å². The molecule has 0 heterocycles. The van der Waals surface area contributed by atoms with E-state index in [2.05, 4.69) is 0 Å². The van der Waals surface area contributed by atoms with Crippen LogP contribution in [0.3, 0.4) is 0 Å². The van der Waals surface area contributed by atoms with E-state index in [-0.39, 0.29) is 16.6 Å². The van der Waals surface area contributed by atoms with Crippen molar-refractivity contribution in [2.75, 3.05) is 12.3 Å². The van der Waals surface area contributed by atoms with Crippen molar-refractivity contribution in [3.63, 3.8) is 0 Å². The molecule has 0 radical (unpaired) electrons. The number of rotatable bonds is 7. The summed E-state index contributed by atoms with van der Waals surface area (Å²) in [6.45, 7) is 6.24. The topological polar surface area (TPSA) is 63.4 Å². The standard InChI is InChI=1S/C14H23FN2O2S/c1-4-6-9-17(11(3)5-2)20(18,19)12-7-8-14(16)13(15)10-12/h7-8,10-11H,4-6,9,16H2,1-3H3. The average Bonchev–Trinajstić information content (AvgIpc) is 2.41. The largest absolute Gasteiger partial charge is 0.396 e. The Bertz CT molecular complexity index is 546. The van der Waals surface area contributed by atoms with Crippen molar-refractivity contribution >= 4 is 15.7 Å². The van der Waals surface area contributed by atoms with E-state index in [0.717, 1.165) is 18.9 Å². The maximum absolute atomic E-state index is 13.5. The Labute approximate surface area is 120 Å². The predicted molar refractivity (Wildman–Crippen MR) is 79.4 cm³/mol. The second-order valence-electron chi connectivity index (χ2n) is 4.91. The Balaban J connectivity index is 3.17. The molecular formula is C14H23FN2O2S. The van der Waals surface area contributed by atoms with Crippen molar-refractivity contribution in [1.29, 1.82) is 0 Å². The Kier molecular flexibility index (Phi) is 5.95. The van der Waals surface area contributed by atoms with Crippen LogP contribution in [0.4, 0.5) is 10.1 Å². The zero-order chi connectivity index (χ0) is 15.3. The van der Waals surface area contributed by atoms with Gasteiger partial charge in [-0.05, 0) is 38.0 Å². The first kappa shape index (κ1) is 16.9. The molecule has 0 saturated heterocycles. The smallest absolute Gasteiger partial charge is 0.243 e. The number of hydrogen-bond donors (Lipinski definition) is 1. The van der Waals surface area contributed by atoms with Crippen LogP contribution in [-0.4, -0.2) is 25.3 Å². The molecule has 6 heteroatoms. The second-order valence-corrected chi connectivity index (χ2v) is 6.80. The molecule has 0 aromatic heterocycles. The van der Waals surface area contributed by atoms with E-state index in [0.29, 0.717) is 13.0 Å². The molecule has 4 nitrogen and oxygen atoms in total. The maximum atomic E-state index is 13.5.